The highest BCUT2D eigenvalue weighted by Gasteiger charge is 2.27. The zero-order chi connectivity index (χ0) is 20.1. The molecule has 1 fully saturated rings. The molecular formula is C19H21F2N3O3S. The number of piperidine rings is 1. The molecule has 1 saturated heterocycles. The number of carbonyl (C=O) groups excluding carboxylic acids is 2. The molecule has 2 aromatic rings. The number of thiazole rings is 1. The summed E-state index contributed by atoms with van der Waals surface area (Å²) in [4.78, 5) is 30.3. The van der Waals surface area contributed by atoms with Gasteiger partial charge in [-0.15, -0.1) is 11.3 Å². The number of rotatable bonds is 6. The van der Waals surface area contributed by atoms with E-state index in [1.165, 1.54) is 0 Å². The van der Waals surface area contributed by atoms with Gasteiger partial charge in [0.15, 0.2) is 5.13 Å². The van der Waals surface area contributed by atoms with Gasteiger partial charge in [-0.2, -0.15) is 0 Å². The Morgan fingerprint density at radius 2 is 2.21 bits per heavy atom. The van der Waals surface area contributed by atoms with Crippen molar-refractivity contribution in [3.05, 3.63) is 35.2 Å². The van der Waals surface area contributed by atoms with Crippen LogP contribution < -0.4 is 5.32 Å². The molecule has 0 bridgehead atoms. The number of carbonyl (C=O) groups is 2. The molecule has 1 aliphatic heterocycles. The number of nitrogens with one attached hydrogen (secondary N) is 1. The molecule has 1 atom stereocenters. The Bertz CT molecular complexity index is 859. The molecule has 1 amide bonds. The van der Waals surface area contributed by atoms with Gasteiger partial charge in [0, 0.05) is 17.5 Å². The fourth-order valence-corrected chi connectivity index (χ4v) is 3.89. The molecule has 150 valence electrons. The number of esters is 1. The van der Waals surface area contributed by atoms with Crippen LogP contribution in [0, 0.1) is 17.6 Å². The summed E-state index contributed by atoms with van der Waals surface area (Å²) in [5.41, 5.74) is 0.308. The van der Waals surface area contributed by atoms with E-state index >= 15 is 0 Å². The Morgan fingerprint density at radius 1 is 1.39 bits per heavy atom. The van der Waals surface area contributed by atoms with E-state index in [0.29, 0.717) is 18.3 Å². The molecule has 3 rings (SSSR count). The normalized spacial score (nSPS) is 17.3. The molecule has 28 heavy (non-hydrogen) atoms. The zero-order valence-corrected chi connectivity index (χ0v) is 16.2. The van der Waals surface area contributed by atoms with Crippen molar-refractivity contribution in [3.8, 4) is 11.3 Å². The predicted octanol–water partition coefficient (Wildman–Crippen LogP) is 3.30. The molecule has 0 saturated carbocycles. The number of amides is 1. The summed E-state index contributed by atoms with van der Waals surface area (Å²) >= 11 is 1.14. The quantitative estimate of drug-likeness (QED) is 0.742. The van der Waals surface area contributed by atoms with E-state index in [9.17, 15) is 18.4 Å². The van der Waals surface area contributed by atoms with Gasteiger partial charge in [0.1, 0.15) is 11.6 Å². The van der Waals surface area contributed by atoms with Crippen molar-refractivity contribution in [2.75, 3.05) is 31.6 Å². The van der Waals surface area contributed by atoms with Gasteiger partial charge in [0.2, 0.25) is 5.91 Å². The highest BCUT2D eigenvalue weighted by Crippen LogP contribution is 2.27. The van der Waals surface area contributed by atoms with Gasteiger partial charge in [-0.25, -0.2) is 13.8 Å². The molecule has 6 nitrogen and oxygen atoms in total. The number of hydrogen-bond donors (Lipinski definition) is 1. The topological polar surface area (TPSA) is 71.5 Å². The summed E-state index contributed by atoms with van der Waals surface area (Å²) < 4.78 is 32.3. The van der Waals surface area contributed by atoms with Gasteiger partial charge >= 0.3 is 5.97 Å². The van der Waals surface area contributed by atoms with Gasteiger partial charge in [0.25, 0.3) is 0 Å². The average Bonchev–Trinajstić information content (AvgIpc) is 3.12. The van der Waals surface area contributed by atoms with Crippen LogP contribution in [-0.4, -0.2) is 48.0 Å². The second kappa shape index (κ2) is 9.20. The van der Waals surface area contributed by atoms with Crippen LogP contribution in [0.2, 0.25) is 0 Å². The van der Waals surface area contributed by atoms with E-state index in [-0.39, 0.29) is 35.6 Å². The first-order chi connectivity index (χ1) is 13.5. The number of ether oxygens (including phenoxy) is 1. The summed E-state index contributed by atoms with van der Waals surface area (Å²) in [6.07, 6.45) is 1.57. The lowest BCUT2D eigenvalue weighted by atomic mass is 9.98. The first-order valence-corrected chi connectivity index (χ1v) is 9.94. The summed E-state index contributed by atoms with van der Waals surface area (Å²) in [5.74, 6) is -1.86. The number of anilines is 1. The Labute approximate surface area is 165 Å². The van der Waals surface area contributed by atoms with E-state index in [2.05, 4.69) is 10.3 Å². The number of nitrogens with zero attached hydrogens (tertiary/aromatic N) is 2. The van der Waals surface area contributed by atoms with Crippen LogP contribution >= 0.6 is 11.3 Å². The molecule has 9 heteroatoms. The molecule has 1 aliphatic rings. The monoisotopic (exact) mass is 409 g/mol. The van der Waals surface area contributed by atoms with Crippen molar-refractivity contribution in [1.82, 2.24) is 9.88 Å². The van der Waals surface area contributed by atoms with Crippen molar-refractivity contribution in [2.24, 2.45) is 5.92 Å². The van der Waals surface area contributed by atoms with Gasteiger partial charge in [-0.3, -0.25) is 14.5 Å². The van der Waals surface area contributed by atoms with Crippen LogP contribution in [0.5, 0.6) is 0 Å². The molecule has 1 aromatic carbocycles. The molecule has 0 spiro atoms. The fraction of sp³-hybridized carbons (Fsp3) is 0.421. The summed E-state index contributed by atoms with van der Waals surface area (Å²) in [5, 5.41) is 4.55. The summed E-state index contributed by atoms with van der Waals surface area (Å²) in [7, 11) is 0. The van der Waals surface area contributed by atoms with Gasteiger partial charge in [0.05, 0.1) is 24.8 Å². The lowest BCUT2D eigenvalue weighted by Gasteiger charge is -2.30. The molecular weight excluding hydrogens is 388 g/mol. The van der Waals surface area contributed by atoms with Crippen molar-refractivity contribution in [1.29, 1.82) is 0 Å². The molecule has 1 N–H and O–H groups in total. The molecule has 0 aliphatic carbocycles. The third kappa shape index (κ3) is 5.11. The number of aromatic nitrogens is 1. The number of hydrogen-bond acceptors (Lipinski definition) is 6. The second-order valence-corrected chi connectivity index (χ2v) is 7.39. The minimum Gasteiger partial charge on any atom is -0.466 e. The predicted molar refractivity (Wildman–Crippen MR) is 102 cm³/mol. The second-order valence-electron chi connectivity index (χ2n) is 6.54. The Balaban J connectivity index is 1.57. The van der Waals surface area contributed by atoms with Crippen LogP contribution in [0.3, 0.4) is 0 Å². The van der Waals surface area contributed by atoms with Crippen LogP contribution in [-0.2, 0) is 14.3 Å². The molecule has 0 radical (unpaired) electrons. The number of benzene rings is 1. The SMILES string of the molecule is CCOC(=O)C1CCCN(CC(=O)Nc2nc(-c3cc(F)ccc3F)cs2)C1. The average molecular weight is 409 g/mol. The number of likely N-dealkylation sites (tertiary alicyclic amines) is 1. The standard InChI is InChI=1S/C19H21F2N3O3S/c1-2-27-18(26)12-4-3-7-24(9-12)10-17(25)23-19-22-16(11-28-19)14-8-13(20)5-6-15(14)21/h5-6,8,11-12H,2-4,7,9-10H2,1H3,(H,22,23,25). The maximum atomic E-state index is 13.9. The molecule has 1 aromatic heterocycles. The number of halogens is 2. The fourth-order valence-electron chi connectivity index (χ4n) is 3.16. The third-order valence-corrected chi connectivity index (χ3v) is 5.21. The van der Waals surface area contributed by atoms with Gasteiger partial charge in [-0.05, 0) is 44.5 Å². The first-order valence-electron chi connectivity index (χ1n) is 9.06. The van der Waals surface area contributed by atoms with E-state index in [1.54, 1.807) is 12.3 Å². The maximum absolute atomic E-state index is 13.9. The van der Waals surface area contributed by atoms with E-state index < -0.39 is 11.6 Å². The third-order valence-electron chi connectivity index (χ3n) is 4.45. The van der Waals surface area contributed by atoms with Crippen molar-refractivity contribution < 1.29 is 23.1 Å². The summed E-state index contributed by atoms with van der Waals surface area (Å²) in [6, 6.07) is 3.15. The highest BCUT2D eigenvalue weighted by atomic mass is 32.1. The Morgan fingerprint density at radius 3 is 3.00 bits per heavy atom. The van der Waals surface area contributed by atoms with Crippen molar-refractivity contribution in [2.45, 2.75) is 19.8 Å². The Kier molecular flexibility index (Phi) is 6.69. The van der Waals surface area contributed by atoms with E-state index in [0.717, 1.165) is 48.9 Å². The van der Waals surface area contributed by atoms with Crippen molar-refractivity contribution >= 4 is 28.3 Å². The van der Waals surface area contributed by atoms with Crippen LogP contribution in [0.15, 0.2) is 23.6 Å². The largest absolute Gasteiger partial charge is 0.466 e. The van der Waals surface area contributed by atoms with Crippen LogP contribution in [0.25, 0.3) is 11.3 Å². The molecule has 1 unspecified atom stereocenters. The van der Waals surface area contributed by atoms with Gasteiger partial charge in [-0.1, -0.05) is 0 Å². The minimum absolute atomic E-state index is 0.0463. The van der Waals surface area contributed by atoms with Crippen LogP contribution in [0.1, 0.15) is 19.8 Å². The molecule has 2 heterocycles. The lowest BCUT2D eigenvalue weighted by Crippen LogP contribution is -2.43. The zero-order valence-electron chi connectivity index (χ0n) is 15.4. The first kappa shape index (κ1) is 20.3. The van der Waals surface area contributed by atoms with E-state index in [1.807, 2.05) is 4.90 Å². The van der Waals surface area contributed by atoms with Crippen molar-refractivity contribution in [3.63, 3.8) is 0 Å². The van der Waals surface area contributed by atoms with E-state index in [4.69, 9.17) is 4.74 Å². The summed E-state index contributed by atoms with van der Waals surface area (Å²) in [6.45, 7) is 3.43. The minimum atomic E-state index is -0.581. The van der Waals surface area contributed by atoms with Gasteiger partial charge < -0.3 is 10.1 Å². The Hall–Kier alpha value is -2.39. The maximum Gasteiger partial charge on any atom is 0.310 e. The lowest BCUT2D eigenvalue weighted by molar-refractivity contribution is -0.150. The smallest absolute Gasteiger partial charge is 0.310 e. The highest BCUT2D eigenvalue weighted by molar-refractivity contribution is 7.14. The van der Waals surface area contributed by atoms with Crippen LogP contribution in [0.4, 0.5) is 13.9 Å².